The van der Waals surface area contributed by atoms with E-state index < -0.39 is 26.1 Å². The molecule has 0 aromatic heterocycles. The third kappa shape index (κ3) is 3.47. The van der Waals surface area contributed by atoms with E-state index in [1.165, 1.54) is 15.7 Å². The summed E-state index contributed by atoms with van der Waals surface area (Å²) in [5.41, 5.74) is 0. The monoisotopic (exact) mass is 344 g/mol. The van der Waals surface area contributed by atoms with Gasteiger partial charge in [-0.05, 0) is 25.2 Å². The Kier molecular flexibility index (Phi) is 5.01. The lowest BCUT2D eigenvalue weighted by Gasteiger charge is -2.35. The number of alkyl halides is 1. The first-order valence-electron chi connectivity index (χ1n) is 6.76. The van der Waals surface area contributed by atoms with Crippen LogP contribution in [0.1, 0.15) is 19.3 Å². The molecule has 0 radical (unpaired) electrons. The first-order chi connectivity index (χ1) is 9.26. The van der Waals surface area contributed by atoms with Gasteiger partial charge in [0.05, 0.1) is 11.5 Å². The molecule has 0 aromatic rings. The summed E-state index contributed by atoms with van der Waals surface area (Å²) in [7, 11) is -5.21. The molecule has 0 bridgehead atoms. The minimum Gasteiger partial charge on any atom is -0.229 e. The van der Waals surface area contributed by atoms with Crippen molar-refractivity contribution in [3.63, 3.8) is 0 Å². The van der Waals surface area contributed by atoms with Crippen LogP contribution in [0.15, 0.2) is 0 Å². The highest BCUT2D eigenvalue weighted by atomic mass is 35.5. The van der Waals surface area contributed by atoms with Gasteiger partial charge in [-0.15, -0.1) is 11.6 Å². The van der Waals surface area contributed by atoms with Crippen LogP contribution in [0.25, 0.3) is 0 Å². The summed E-state index contributed by atoms with van der Waals surface area (Å²) in [5.74, 6) is 0.631. The molecule has 2 heterocycles. The highest BCUT2D eigenvalue weighted by Gasteiger charge is 2.39. The summed E-state index contributed by atoms with van der Waals surface area (Å²) in [4.78, 5) is 0. The maximum absolute atomic E-state index is 12.6. The Labute approximate surface area is 126 Å². The lowest BCUT2D eigenvalue weighted by atomic mass is 10.0. The lowest BCUT2D eigenvalue weighted by molar-refractivity contribution is 0.257. The van der Waals surface area contributed by atoms with Crippen LogP contribution in [0.2, 0.25) is 0 Å². The van der Waals surface area contributed by atoms with Gasteiger partial charge in [0.2, 0.25) is 0 Å². The first-order valence-corrected chi connectivity index (χ1v) is 10.5. The Bertz CT molecular complexity index is 549. The Morgan fingerprint density at radius 1 is 1.35 bits per heavy atom. The number of nitrogens with zero attached hydrogens (tertiary/aromatic N) is 2. The average molecular weight is 345 g/mol. The Morgan fingerprint density at radius 3 is 2.60 bits per heavy atom. The second kappa shape index (κ2) is 6.08. The molecule has 0 amide bonds. The standard InChI is InChI=1S/C11H21ClN2O4S2/c1-13(11-4-6-19(15,16)9-11)20(17,18)14-5-2-3-10(7-12)8-14/h10-11H,2-9H2,1H3. The van der Waals surface area contributed by atoms with Crippen molar-refractivity contribution in [1.29, 1.82) is 0 Å². The predicted octanol–water partition coefficient (Wildman–Crippen LogP) is 0.301. The summed E-state index contributed by atoms with van der Waals surface area (Å²) in [6, 6.07) is -0.443. The molecule has 0 aliphatic carbocycles. The van der Waals surface area contributed by atoms with Crippen molar-refractivity contribution in [2.75, 3.05) is 37.5 Å². The van der Waals surface area contributed by atoms with Gasteiger partial charge in [0.15, 0.2) is 9.84 Å². The molecule has 2 aliphatic heterocycles. The summed E-state index contributed by atoms with van der Waals surface area (Å²) in [6.07, 6.45) is 2.12. The van der Waals surface area contributed by atoms with E-state index >= 15 is 0 Å². The maximum Gasteiger partial charge on any atom is 0.282 e. The van der Waals surface area contributed by atoms with Gasteiger partial charge >= 0.3 is 0 Å². The summed E-state index contributed by atoms with van der Waals surface area (Å²) < 4.78 is 50.8. The van der Waals surface area contributed by atoms with Crippen molar-refractivity contribution in [2.45, 2.75) is 25.3 Å². The smallest absolute Gasteiger partial charge is 0.229 e. The van der Waals surface area contributed by atoms with E-state index in [4.69, 9.17) is 11.6 Å². The van der Waals surface area contributed by atoms with E-state index in [0.29, 0.717) is 25.4 Å². The molecule has 6 nitrogen and oxygen atoms in total. The molecule has 9 heteroatoms. The van der Waals surface area contributed by atoms with E-state index in [1.807, 2.05) is 0 Å². The zero-order valence-corrected chi connectivity index (χ0v) is 13.9. The second-order valence-electron chi connectivity index (χ2n) is 5.60. The number of piperidine rings is 1. The molecule has 2 atom stereocenters. The van der Waals surface area contributed by atoms with Gasteiger partial charge in [-0.1, -0.05) is 0 Å². The van der Waals surface area contributed by atoms with Crippen molar-refractivity contribution >= 4 is 31.6 Å². The molecule has 2 rings (SSSR count). The normalized spacial score (nSPS) is 31.8. The summed E-state index contributed by atoms with van der Waals surface area (Å²) >= 11 is 5.83. The molecule has 2 aliphatic rings. The van der Waals surface area contributed by atoms with Crippen LogP contribution >= 0.6 is 11.6 Å². The van der Waals surface area contributed by atoms with Crippen molar-refractivity contribution in [3.8, 4) is 0 Å². The number of hydrogen-bond acceptors (Lipinski definition) is 4. The van der Waals surface area contributed by atoms with Crippen LogP contribution in [0.5, 0.6) is 0 Å². The van der Waals surface area contributed by atoms with Crippen LogP contribution in [0.4, 0.5) is 0 Å². The van der Waals surface area contributed by atoms with Gasteiger partial charge in [0, 0.05) is 32.1 Å². The zero-order valence-electron chi connectivity index (χ0n) is 11.5. The van der Waals surface area contributed by atoms with Crippen LogP contribution in [0.3, 0.4) is 0 Å². The van der Waals surface area contributed by atoms with Crippen molar-refractivity contribution in [1.82, 2.24) is 8.61 Å². The topological polar surface area (TPSA) is 74.8 Å². The van der Waals surface area contributed by atoms with Gasteiger partial charge in [-0.25, -0.2) is 8.42 Å². The molecule has 2 unspecified atom stereocenters. The highest BCUT2D eigenvalue weighted by molar-refractivity contribution is 7.91. The molecular formula is C11H21ClN2O4S2. The van der Waals surface area contributed by atoms with Crippen LogP contribution < -0.4 is 0 Å². The molecule has 0 saturated carbocycles. The van der Waals surface area contributed by atoms with E-state index in [0.717, 1.165) is 12.8 Å². The maximum atomic E-state index is 12.6. The summed E-state index contributed by atoms with van der Waals surface area (Å²) in [5, 5.41) is 0. The number of halogens is 1. The fourth-order valence-electron chi connectivity index (χ4n) is 2.80. The van der Waals surface area contributed by atoms with Crippen molar-refractivity contribution < 1.29 is 16.8 Å². The quantitative estimate of drug-likeness (QED) is 0.687. The molecule has 20 heavy (non-hydrogen) atoms. The van der Waals surface area contributed by atoms with Crippen LogP contribution in [-0.2, 0) is 20.0 Å². The van der Waals surface area contributed by atoms with Crippen LogP contribution in [0, 0.1) is 5.92 Å². The third-order valence-electron chi connectivity index (χ3n) is 4.11. The second-order valence-corrected chi connectivity index (χ2v) is 10.1. The van der Waals surface area contributed by atoms with Gasteiger partial charge in [-0.3, -0.25) is 0 Å². The first kappa shape index (κ1) is 16.5. The largest absolute Gasteiger partial charge is 0.282 e. The lowest BCUT2D eigenvalue weighted by Crippen LogP contribution is -2.50. The summed E-state index contributed by atoms with van der Waals surface area (Å²) in [6.45, 7) is 0.912. The minimum atomic E-state index is -3.60. The van der Waals surface area contributed by atoms with E-state index in [9.17, 15) is 16.8 Å². The Morgan fingerprint density at radius 2 is 2.05 bits per heavy atom. The zero-order chi connectivity index (χ0) is 15.0. The molecule has 2 saturated heterocycles. The molecule has 0 aromatic carbocycles. The van der Waals surface area contributed by atoms with Gasteiger partial charge < -0.3 is 0 Å². The minimum absolute atomic E-state index is 0.0713. The molecule has 0 N–H and O–H groups in total. The molecule has 0 spiro atoms. The van der Waals surface area contributed by atoms with E-state index in [2.05, 4.69) is 0 Å². The fourth-order valence-corrected chi connectivity index (χ4v) is 6.60. The fraction of sp³-hybridized carbons (Fsp3) is 1.00. The highest BCUT2D eigenvalue weighted by Crippen LogP contribution is 2.25. The molecule has 118 valence electrons. The van der Waals surface area contributed by atoms with Crippen LogP contribution in [-0.4, -0.2) is 69.0 Å². The van der Waals surface area contributed by atoms with Crippen molar-refractivity contribution in [3.05, 3.63) is 0 Å². The molecule has 2 fully saturated rings. The SMILES string of the molecule is CN(C1CCS(=O)(=O)C1)S(=O)(=O)N1CCCC(CCl)C1. The van der Waals surface area contributed by atoms with Crippen molar-refractivity contribution in [2.24, 2.45) is 5.92 Å². The predicted molar refractivity (Wildman–Crippen MR) is 78.8 cm³/mol. The van der Waals surface area contributed by atoms with Gasteiger partial charge in [0.1, 0.15) is 0 Å². The average Bonchev–Trinajstić information content (AvgIpc) is 2.78. The van der Waals surface area contributed by atoms with E-state index in [1.54, 1.807) is 0 Å². The number of rotatable bonds is 4. The van der Waals surface area contributed by atoms with Gasteiger partial charge in [-0.2, -0.15) is 17.0 Å². The van der Waals surface area contributed by atoms with E-state index in [-0.39, 0.29) is 17.4 Å². The Balaban J connectivity index is 2.09. The molecular weight excluding hydrogens is 324 g/mol. The number of sulfone groups is 1. The number of hydrogen-bond donors (Lipinski definition) is 0. The van der Waals surface area contributed by atoms with Gasteiger partial charge in [0.25, 0.3) is 10.2 Å². The Hall–Kier alpha value is 0.110. The third-order valence-corrected chi connectivity index (χ3v) is 8.31.